The minimum absolute atomic E-state index is 0.0614. The Morgan fingerprint density at radius 3 is 2.40 bits per heavy atom. The minimum atomic E-state index is -5.02. The van der Waals surface area contributed by atoms with E-state index >= 15 is 0 Å². The number of aromatic nitrogens is 1. The largest absolute Gasteiger partial charge is 0.497 e. The van der Waals surface area contributed by atoms with Crippen molar-refractivity contribution in [1.29, 1.82) is 0 Å². The van der Waals surface area contributed by atoms with E-state index in [1.165, 1.54) is 31.8 Å². The summed E-state index contributed by atoms with van der Waals surface area (Å²) in [6.45, 7) is 1.09. The molecular formula is C21H19F3N2O4. The Hall–Kier alpha value is -3.49. The zero-order chi connectivity index (χ0) is 22.1. The monoisotopic (exact) mass is 420 g/mol. The summed E-state index contributed by atoms with van der Waals surface area (Å²) in [7, 11) is 2.91. The number of anilines is 1. The van der Waals surface area contributed by atoms with Gasteiger partial charge < -0.3 is 19.4 Å². The number of halogens is 3. The number of carbonyl (C=O) groups excluding carboxylic acids is 2. The van der Waals surface area contributed by atoms with Crippen LogP contribution in [0.15, 0.2) is 42.5 Å². The molecule has 0 aliphatic carbocycles. The van der Waals surface area contributed by atoms with Gasteiger partial charge in [-0.3, -0.25) is 9.59 Å². The predicted molar refractivity (Wildman–Crippen MR) is 105 cm³/mol. The first kappa shape index (κ1) is 21.2. The fourth-order valence-electron chi connectivity index (χ4n) is 3.31. The van der Waals surface area contributed by atoms with E-state index in [0.717, 1.165) is 0 Å². The van der Waals surface area contributed by atoms with Crippen LogP contribution in [0.5, 0.6) is 11.5 Å². The number of ketones is 1. The van der Waals surface area contributed by atoms with Crippen LogP contribution in [-0.2, 0) is 11.3 Å². The van der Waals surface area contributed by atoms with Crippen molar-refractivity contribution in [2.45, 2.75) is 19.6 Å². The first-order chi connectivity index (χ1) is 14.2. The van der Waals surface area contributed by atoms with Crippen LogP contribution in [0.4, 0.5) is 18.9 Å². The molecule has 0 aliphatic heterocycles. The number of hydrogen-bond acceptors (Lipinski definition) is 4. The van der Waals surface area contributed by atoms with Gasteiger partial charge in [0.25, 0.3) is 5.78 Å². The van der Waals surface area contributed by atoms with Crippen LogP contribution in [-0.4, -0.2) is 36.7 Å². The maximum atomic E-state index is 13.1. The molecular weight excluding hydrogens is 401 g/mol. The molecule has 1 N–H and O–H groups in total. The number of para-hydroxylation sites is 1. The smallest absolute Gasteiger partial charge is 0.454 e. The second-order valence-corrected chi connectivity index (χ2v) is 6.50. The number of benzene rings is 2. The van der Waals surface area contributed by atoms with Gasteiger partial charge in [-0.1, -0.05) is 18.2 Å². The van der Waals surface area contributed by atoms with Crippen LogP contribution < -0.4 is 14.8 Å². The SMILES string of the molecule is COc1ccc(OC)c(NC(=O)Cn2c(C)c(C(=O)C(F)(F)F)c3ccccc32)c1. The van der Waals surface area contributed by atoms with E-state index in [4.69, 9.17) is 9.47 Å². The molecule has 0 saturated heterocycles. The summed E-state index contributed by atoms with van der Waals surface area (Å²) < 4.78 is 51.0. The van der Waals surface area contributed by atoms with E-state index in [-0.39, 0.29) is 17.6 Å². The molecule has 3 rings (SSSR count). The van der Waals surface area contributed by atoms with Crippen LogP contribution >= 0.6 is 0 Å². The molecule has 3 aromatic rings. The summed E-state index contributed by atoms with van der Waals surface area (Å²) >= 11 is 0. The van der Waals surface area contributed by atoms with E-state index in [0.29, 0.717) is 22.7 Å². The van der Waals surface area contributed by atoms with Gasteiger partial charge in [-0.05, 0) is 25.1 Å². The van der Waals surface area contributed by atoms with Crippen molar-refractivity contribution < 1.29 is 32.2 Å². The minimum Gasteiger partial charge on any atom is -0.497 e. The highest BCUT2D eigenvalue weighted by Gasteiger charge is 2.42. The second-order valence-electron chi connectivity index (χ2n) is 6.50. The molecule has 1 aromatic heterocycles. The predicted octanol–water partition coefficient (Wildman–Crippen LogP) is 4.35. The summed E-state index contributed by atoms with van der Waals surface area (Å²) in [5.41, 5.74) is 0.314. The van der Waals surface area contributed by atoms with Gasteiger partial charge in [0.05, 0.1) is 25.5 Å². The molecule has 1 amide bonds. The second kappa shape index (κ2) is 8.10. The molecule has 0 saturated carbocycles. The van der Waals surface area contributed by atoms with Crippen molar-refractivity contribution >= 4 is 28.3 Å². The number of rotatable bonds is 6. The highest BCUT2D eigenvalue weighted by atomic mass is 19.4. The number of methoxy groups -OCH3 is 2. The zero-order valence-electron chi connectivity index (χ0n) is 16.5. The van der Waals surface area contributed by atoms with Gasteiger partial charge in [-0.2, -0.15) is 13.2 Å². The average molecular weight is 420 g/mol. The summed E-state index contributed by atoms with van der Waals surface area (Å²) in [6, 6.07) is 11.0. The Labute approximate surface area is 170 Å². The van der Waals surface area contributed by atoms with Crippen molar-refractivity contribution in [3.63, 3.8) is 0 Å². The fraction of sp³-hybridized carbons (Fsp3) is 0.238. The van der Waals surface area contributed by atoms with Crippen LogP contribution in [0.3, 0.4) is 0 Å². The molecule has 9 heteroatoms. The molecule has 158 valence electrons. The summed E-state index contributed by atoms with van der Waals surface area (Å²) in [5.74, 6) is -1.56. The molecule has 30 heavy (non-hydrogen) atoms. The van der Waals surface area contributed by atoms with E-state index in [9.17, 15) is 22.8 Å². The number of fused-ring (bicyclic) bond motifs is 1. The quantitative estimate of drug-likeness (QED) is 0.602. The summed E-state index contributed by atoms with van der Waals surface area (Å²) in [4.78, 5) is 24.7. The lowest BCUT2D eigenvalue weighted by atomic mass is 10.1. The third kappa shape index (κ3) is 3.96. The Morgan fingerprint density at radius 1 is 1.07 bits per heavy atom. The van der Waals surface area contributed by atoms with Crippen LogP contribution in [0, 0.1) is 6.92 Å². The first-order valence-electron chi connectivity index (χ1n) is 8.88. The zero-order valence-corrected chi connectivity index (χ0v) is 16.5. The number of Topliss-reactive ketones (excluding diaryl/α,β-unsaturated/α-hetero) is 1. The fourth-order valence-corrected chi connectivity index (χ4v) is 3.31. The Kier molecular flexibility index (Phi) is 5.73. The number of alkyl halides is 3. The van der Waals surface area contributed by atoms with Crippen molar-refractivity contribution in [2.75, 3.05) is 19.5 Å². The molecule has 1 heterocycles. The lowest BCUT2D eigenvalue weighted by molar-refractivity contribution is -0.116. The first-order valence-corrected chi connectivity index (χ1v) is 8.88. The maximum Gasteiger partial charge on any atom is 0.454 e. The Bertz CT molecular complexity index is 1120. The number of amides is 1. The van der Waals surface area contributed by atoms with E-state index in [2.05, 4.69) is 5.32 Å². The lowest BCUT2D eigenvalue weighted by Crippen LogP contribution is -2.24. The topological polar surface area (TPSA) is 69.6 Å². The molecule has 0 bridgehead atoms. The molecule has 0 fully saturated rings. The number of ether oxygens (including phenoxy) is 2. The van der Waals surface area contributed by atoms with E-state index in [1.807, 2.05) is 0 Å². The summed E-state index contributed by atoms with van der Waals surface area (Å²) in [5, 5.41) is 2.82. The molecule has 0 radical (unpaired) electrons. The lowest BCUT2D eigenvalue weighted by Gasteiger charge is -2.13. The third-order valence-electron chi connectivity index (χ3n) is 4.70. The van der Waals surface area contributed by atoms with Crippen molar-refractivity contribution in [1.82, 2.24) is 4.57 Å². The number of nitrogens with zero attached hydrogens (tertiary/aromatic N) is 1. The van der Waals surface area contributed by atoms with Crippen LogP contribution in [0.1, 0.15) is 16.1 Å². The summed E-state index contributed by atoms with van der Waals surface area (Å²) in [6.07, 6.45) is -5.02. The average Bonchev–Trinajstić information content (AvgIpc) is 2.98. The van der Waals surface area contributed by atoms with Crippen LogP contribution in [0.2, 0.25) is 0 Å². The van der Waals surface area contributed by atoms with E-state index in [1.54, 1.807) is 36.4 Å². The van der Waals surface area contributed by atoms with Gasteiger partial charge >= 0.3 is 6.18 Å². The van der Waals surface area contributed by atoms with E-state index < -0.39 is 23.4 Å². The van der Waals surface area contributed by atoms with Gasteiger partial charge in [0.2, 0.25) is 5.91 Å². The molecule has 0 aliphatic rings. The van der Waals surface area contributed by atoms with Gasteiger partial charge in [-0.25, -0.2) is 0 Å². The van der Waals surface area contributed by atoms with Gasteiger partial charge in [0, 0.05) is 22.7 Å². The van der Waals surface area contributed by atoms with Crippen molar-refractivity contribution in [3.8, 4) is 11.5 Å². The molecule has 0 atom stereocenters. The van der Waals surface area contributed by atoms with Crippen molar-refractivity contribution in [2.24, 2.45) is 0 Å². The molecule has 0 spiro atoms. The molecule has 0 unspecified atom stereocenters. The highest BCUT2D eigenvalue weighted by molar-refractivity contribution is 6.12. The highest BCUT2D eigenvalue weighted by Crippen LogP contribution is 2.32. The molecule has 6 nitrogen and oxygen atoms in total. The number of nitrogens with one attached hydrogen (secondary N) is 1. The van der Waals surface area contributed by atoms with Gasteiger partial charge in [-0.15, -0.1) is 0 Å². The maximum absolute atomic E-state index is 13.1. The van der Waals surface area contributed by atoms with Crippen LogP contribution in [0.25, 0.3) is 10.9 Å². The Morgan fingerprint density at radius 2 is 1.77 bits per heavy atom. The third-order valence-corrected chi connectivity index (χ3v) is 4.70. The number of hydrogen-bond donors (Lipinski definition) is 1. The molecule has 2 aromatic carbocycles. The Balaban J connectivity index is 1.98. The normalized spacial score (nSPS) is 11.4. The van der Waals surface area contributed by atoms with Crippen molar-refractivity contribution in [3.05, 3.63) is 53.7 Å². The number of carbonyl (C=O) groups is 2. The van der Waals surface area contributed by atoms with Gasteiger partial charge in [0.1, 0.15) is 18.0 Å². The standard InChI is InChI=1S/C21H19F3N2O4/c1-12-19(20(28)21(22,23)24)14-6-4-5-7-16(14)26(12)11-18(27)25-15-10-13(29-2)8-9-17(15)30-3/h4-10H,11H2,1-3H3,(H,25,27). The van der Waals surface area contributed by atoms with Gasteiger partial charge in [0.15, 0.2) is 0 Å².